The Bertz CT molecular complexity index is 1140. The Morgan fingerprint density at radius 3 is 2.29 bits per heavy atom. The largest absolute Gasteiger partial charge is 0.365 e. The Morgan fingerprint density at radius 1 is 1.07 bits per heavy atom. The number of amides is 1. The molecule has 1 aliphatic rings. The molecule has 4 rings (SSSR count). The lowest BCUT2D eigenvalue weighted by molar-refractivity contribution is 0.0999. The van der Waals surface area contributed by atoms with Crippen LogP contribution in [0.15, 0.2) is 65.6 Å². The number of sulfone groups is 1. The summed E-state index contributed by atoms with van der Waals surface area (Å²) in [4.78, 5) is 12.4. The van der Waals surface area contributed by atoms with Crippen molar-refractivity contribution in [3.8, 4) is 11.3 Å². The minimum absolute atomic E-state index is 0.0391. The molecule has 0 bridgehead atoms. The molecule has 0 radical (unpaired) electrons. The van der Waals surface area contributed by atoms with Crippen molar-refractivity contribution in [2.24, 2.45) is 5.73 Å². The third-order valence-electron chi connectivity index (χ3n) is 4.83. The first-order valence-corrected chi connectivity index (χ1v) is 10.6. The molecule has 1 atom stereocenters. The molecule has 8 heteroatoms. The summed E-state index contributed by atoms with van der Waals surface area (Å²) in [5, 5.41) is 2.07. The van der Waals surface area contributed by atoms with Crippen LogP contribution < -0.4 is 11.1 Å². The number of rotatable bonds is 4. The Labute approximate surface area is 167 Å². The maximum Gasteiger partial charge on any atom is 0.252 e. The van der Waals surface area contributed by atoms with Gasteiger partial charge in [-0.25, -0.2) is 8.42 Å². The highest BCUT2D eigenvalue weighted by Crippen LogP contribution is 2.42. The number of carbonyl (C=O) groups is 1. The Kier molecular flexibility index (Phi) is 4.74. The summed E-state index contributed by atoms with van der Waals surface area (Å²) in [6, 6.07) is 17.4. The highest BCUT2D eigenvalue weighted by Gasteiger charge is 2.39. The normalized spacial score (nSPS) is 16.5. The minimum Gasteiger partial charge on any atom is -0.365 e. The second-order valence-corrected chi connectivity index (χ2v) is 8.91. The van der Waals surface area contributed by atoms with E-state index in [2.05, 4.69) is 5.32 Å². The van der Waals surface area contributed by atoms with Crippen molar-refractivity contribution < 1.29 is 13.2 Å². The van der Waals surface area contributed by atoms with Crippen LogP contribution in [-0.4, -0.2) is 25.4 Å². The van der Waals surface area contributed by atoms with Gasteiger partial charge in [0.15, 0.2) is 15.2 Å². The Hall–Kier alpha value is -2.61. The van der Waals surface area contributed by atoms with Crippen LogP contribution in [0.3, 0.4) is 0 Å². The predicted molar refractivity (Wildman–Crippen MR) is 108 cm³/mol. The van der Waals surface area contributed by atoms with Crippen LogP contribution >= 0.6 is 11.6 Å². The van der Waals surface area contributed by atoms with Crippen LogP contribution in [-0.2, 0) is 16.4 Å². The van der Waals surface area contributed by atoms with Gasteiger partial charge in [-0.2, -0.15) is 0 Å². The van der Waals surface area contributed by atoms with Gasteiger partial charge in [-0.15, -0.1) is 0 Å². The van der Waals surface area contributed by atoms with Gasteiger partial charge in [0.25, 0.3) is 5.91 Å². The lowest BCUT2D eigenvalue weighted by atomic mass is 10.1. The Morgan fingerprint density at radius 2 is 1.68 bits per heavy atom. The van der Waals surface area contributed by atoms with E-state index in [1.165, 1.54) is 12.1 Å². The number of carbonyl (C=O) groups excluding carboxylic acids is 1. The molecule has 1 aromatic heterocycles. The number of primary amides is 1. The molecule has 1 amide bonds. The third kappa shape index (κ3) is 2.92. The molecular weight excluding hydrogens is 398 g/mol. The fourth-order valence-corrected chi connectivity index (χ4v) is 5.72. The van der Waals surface area contributed by atoms with Gasteiger partial charge in [0.05, 0.1) is 26.9 Å². The number of benzene rings is 2. The van der Waals surface area contributed by atoms with Crippen LogP contribution in [0.2, 0.25) is 5.02 Å². The SMILES string of the molecule is NC(=O)c1c(Cl)c(-c2ccccc2)n2c1C(S(=O)(=O)c1ccccc1)NCC2. The van der Waals surface area contributed by atoms with Crippen LogP contribution in [0.25, 0.3) is 11.3 Å². The average Bonchev–Trinajstić information content (AvgIpc) is 3.01. The van der Waals surface area contributed by atoms with Gasteiger partial charge < -0.3 is 10.3 Å². The first-order chi connectivity index (χ1) is 13.4. The molecule has 3 aromatic rings. The maximum absolute atomic E-state index is 13.3. The molecule has 28 heavy (non-hydrogen) atoms. The van der Waals surface area contributed by atoms with Gasteiger partial charge in [-0.05, 0) is 17.7 Å². The lowest BCUT2D eigenvalue weighted by Crippen LogP contribution is -2.39. The van der Waals surface area contributed by atoms with E-state index in [4.69, 9.17) is 17.3 Å². The van der Waals surface area contributed by atoms with E-state index >= 15 is 0 Å². The van der Waals surface area contributed by atoms with Crippen LogP contribution in [0.4, 0.5) is 0 Å². The summed E-state index contributed by atoms with van der Waals surface area (Å²) in [6.45, 7) is 0.875. The first-order valence-electron chi connectivity index (χ1n) is 8.72. The van der Waals surface area contributed by atoms with Crippen molar-refractivity contribution in [3.05, 3.63) is 76.9 Å². The molecular formula is C20H18ClN3O3S. The zero-order chi connectivity index (χ0) is 19.9. The smallest absolute Gasteiger partial charge is 0.252 e. The molecule has 2 heterocycles. The lowest BCUT2D eigenvalue weighted by Gasteiger charge is -2.28. The van der Waals surface area contributed by atoms with E-state index in [0.717, 1.165) is 5.56 Å². The average molecular weight is 416 g/mol. The number of halogens is 1. The van der Waals surface area contributed by atoms with E-state index < -0.39 is 21.1 Å². The molecule has 0 saturated carbocycles. The molecule has 144 valence electrons. The van der Waals surface area contributed by atoms with Crippen molar-refractivity contribution in [1.82, 2.24) is 9.88 Å². The number of aromatic nitrogens is 1. The number of nitrogens with one attached hydrogen (secondary N) is 1. The minimum atomic E-state index is -3.82. The summed E-state index contributed by atoms with van der Waals surface area (Å²) in [6.07, 6.45) is 0. The molecule has 0 aliphatic carbocycles. The van der Waals surface area contributed by atoms with E-state index in [0.29, 0.717) is 18.8 Å². The fraction of sp³-hybridized carbons (Fsp3) is 0.150. The Balaban J connectivity index is 1.98. The van der Waals surface area contributed by atoms with Gasteiger partial charge in [0.2, 0.25) is 0 Å². The molecule has 0 saturated heterocycles. The van der Waals surface area contributed by atoms with Gasteiger partial charge in [0, 0.05) is 13.1 Å². The second-order valence-electron chi connectivity index (χ2n) is 6.50. The summed E-state index contributed by atoms with van der Waals surface area (Å²) < 4.78 is 28.4. The van der Waals surface area contributed by atoms with E-state index in [1.807, 2.05) is 30.3 Å². The molecule has 1 unspecified atom stereocenters. The van der Waals surface area contributed by atoms with Crippen molar-refractivity contribution in [1.29, 1.82) is 0 Å². The number of nitrogens with zero attached hydrogens (tertiary/aromatic N) is 1. The maximum atomic E-state index is 13.3. The van der Waals surface area contributed by atoms with E-state index in [-0.39, 0.29) is 21.2 Å². The van der Waals surface area contributed by atoms with E-state index in [9.17, 15) is 13.2 Å². The monoisotopic (exact) mass is 415 g/mol. The second kappa shape index (κ2) is 7.09. The molecule has 3 N–H and O–H groups in total. The van der Waals surface area contributed by atoms with Crippen molar-refractivity contribution >= 4 is 27.3 Å². The highest BCUT2D eigenvalue weighted by molar-refractivity contribution is 7.91. The zero-order valence-electron chi connectivity index (χ0n) is 14.8. The molecule has 0 spiro atoms. The molecule has 2 aromatic carbocycles. The molecule has 6 nitrogen and oxygen atoms in total. The molecule has 0 fully saturated rings. The molecule has 1 aliphatic heterocycles. The zero-order valence-corrected chi connectivity index (χ0v) is 16.4. The van der Waals surface area contributed by atoms with Crippen molar-refractivity contribution in [3.63, 3.8) is 0 Å². The number of nitrogens with two attached hydrogens (primary N) is 1. The summed E-state index contributed by atoms with van der Waals surface area (Å²) in [5.41, 5.74) is 7.33. The summed E-state index contributed by atoms with van der Waals surface area (Å²) >= 11 is 6.57. The van der Waals surface area contributed by atoms with Crippen molar-refractivity contribution in [2.75, 3.05) is 6.54 Å². The van der Waals surface area contributed by atoms with Crippen LogP contribution in [0.5, 0.6) is 0 Å². The standard InChI is InChI=1S/C20H18ClN3O3S/c21-16-15(19(22)25)18-20(28(26,27)14-9-5-2-6-10-14)23-11-12-24(18)17(16)13-7-3-1-4-8-13/h1-10,20,23H,11-12H2,(H2,22,25). The number of hydrogen-bond acceptors (Lipinski definition) is 4. The number of hydrogen-bond donors (Lipinski definition) is 2. The quantitative estimate of drug-likeness (QED) is 0.684. The summed E-state index contributed by atoms with van der Waals surface area (Å²) in [5.74, 6) is -0.757. The van der Waals surface area contributed by atoms with E-state index in [1.54, 1.807) is 22.8 Å². The highest BCUT2D eigenvalue weighted by atomic mass is 35.5. The van der Waals surface area contributed by atoms with Gasteiger partial charge in [0.1, 0.15) is 0 Å². The van der Waals surface area contributed by atoms with Crippen LogP contribution in [0, 0.1) is 0 Å². The van der Waals surface area contributed by atoms with Crippen LogP contribution in [0.1, 0.15) is 21.4 Å². The van der Waals surface area contributed by atoms with Gasteiger partial charge in [-0.1, -0.05) is 60.1 Å². The fourth-order valence-electron chi connectivity index (χ4n) is 3.63. The number of fused-ring (bicyclic) bond motifs is 1. The third-order valence-corrected chi connectivity index (χ3v) is 7.14. The first kappa shape index (κ1) is 18.7. The predicted octanol–water partition coefficient (Wildman–Crippen LogP) is 2.98. The van der Waals surface area contributed by atoms with Gasteiger partial charge >= 0.3 is 0 Å². The van der Waals surface area contributed by atoms with Gasteiger partial charge in [-0.3, -0.25) is 10.1 Å². The van der Waals surface area contributed by atoms with Crippen molar-refractivity contribution in [2.45, 2.75) is 16.8 Å². The topological polar surface area (TPSA) is 94.2 Å². The summed E-state index contributed by atoms with van der Waals surface area (Å²) in [7, 11) is -3.82.